The average molecular weight is 546 g/mol. The van der Waals surface area contributed by atoms with Crippen LogP contribution < -0.4 is 4.90 Å². The molecular weight excluding hydrogens is 521 g/mol. The van der Waals surface area contributed by atoms with E-state index in [0.717, 1.165) is 16.7 Å². The number of halogens is 1. The molecule has 1 fully saturated rings. The lowest BCUT2D eigenvalue weighted by Crippen LogP contribution is -2.29. The first kappa shape index (κ1) is 25.8. The number of hydrogen-bond acceptors (Lipinski definition) is 7. The topological polar surface area (TPSA) is 83.4 Å². The van der Waals surface area contributed by atoms with Crippen LogP contribution in [0.15, 0.2) is 76.6 Å². The van der Waals surface area contributed by atoms with Crippen LogP contribution in [-0.4, -0.2) is 27.0 Å². The molecule has 4 aromatic rings. The molecule has 1 aromatic heterocycles. The number of aliphatic hydroxyl groups excluding tert-OH is 1. The summed E-state index contributed by atoms with van der Waals surface area (Å²) in [7, 11) is 0. The Hall–Kier alpha value is -3.82. The molecule has 6 nitrogen and oxygen atoms in total. The van der Waals surface area contributed by atoms with Gasteiger partial charge < -0.3 is 5.11 Å². The van der Waals surface area contributed by atoms with Gasteiger partial charge >= 0.3 is 5.91 Å². The highest BCUT2D eigenvalue weighted by atomic mass is 32.2. The molecule has 1 amide bonds. The average Bonchev–Trinajstić information content (AvgIpc) is 3.47. The highest BCUT2D eigenvalue weighted by Gasteiger charge is 2.48. The Morgan fingerprint density at radius 2 is 1.66 bits per heavy atom. The molecule has 0 bridgehead atoms. The van der Waals surface area contributed by atoms with Crippen LogP contribution in [0.3, 0.4) is 0 Å². The van der Waals surface area contributed by atoms with Crippen LogP contribution in [0.1, 0.15) is 39.4 Å². The zero-order valence-corrected chi connectivity index (χ0v) is 22.6. The number of thioether (sulfide) groups is 1. The number of benzene rings is 3. The molecule has 2 heterocycles. The van der Waals surface area contributed by atoms with Crippen molar-refractivity contribution in [3.63, 3.8) is 0 Å². The second kappa shape index (κ2) is 10.5. The highest BCUT2D eigenvalue weighted by molar-refractivity contribution is 8.00. The van der Waals surface area contributed by atoms with Gasteiger partial charge in [0.2, 0.25) is 5.13 Å². The maximum absolute atomic E-state index is 13.8. The number of rotatable bonds is 6. The summed E-state index contributed by atoms with van der Waals surface area (Å²) in [6.07, 6.45) is 0. The minimum Gasteiger partial charge on any atom is -0.507 e. The molecule has 192 valence electrons. The smallest absolute Gasteiger partial charge is 0.301 e. The minimum absolute atomic E-state index is 0.0700. The van der Waals surface area contributed by atoms with Gasteiger partial charge in [-0.1, -0.05) is 82.8 Å². The number of nitrogens with zero attached hydrogens (tertiary/aromatic N) is 3. The third kappa shape index (κ3) is 4.99. The zero-order valence-electron chi connectivity index (χ0n) is 20.9. The van der Waals surface area contributed by atoms with Gasteiger partial charge in [-0.25, -0.2) is 4.39 Å². The molecule has 1 aliphatic heterocycles. The zero-order chi connectivity index (χ0) is 27.0. The summed E-state index contributed by atoms with van der Waals surface area (Å²) in [6, 6.07) is 18.2. The SMILES string of the molecule is Cc1ccc(CSc2nnc(N3C(=O)C(=O)C(=C(O)c4cc(C)ccc4C)C3c3ccc(F)cc3)s2)cc1. The molecule has 1 saturated heterocycles. The van der Waals surface area contributed by atoms with Crippen molar-refractivity contribution in [3.8, 4) is 0 Å². The lowest BCUT2D eigenvalue weighted by Gasteiger charge is -2.22. The van der Waals surface area contributed by atoms with Gasteiger partial charge in [-0.2, -0.15) is 0 Å². The highest BCUT2D eigenvalue weighted by Crippen LogP contribution is 2.44. The fraction of sp³-hybridized carbons (Fsp3) is 0.172. The van der Waals surface area contributed by atoms with E-state index in [2.05, 4.69) is 10.2 Å². The summed E-state index contributed by atoms with van der Waals surface area (Å²) < 4.78 is 14.4. The fourth-order valence-electron chi connectivity index (χ4n) is 4.31. The number of hydrogen-bond donors (Lipinski definition) is 1. The van der Waals surface area contributed by atoms with Gasteiger partial charge in [-0.15, -0.1) is 10.2 Å². The Balaban J connectivity index is 1.55. The van der Waals surface area contributed by atoms with E-state index in [9.17, 15) is 19.1 Å². The minimum atomic E-state index is -0.988. The molecule has 38 heavy (non-hydrogen) atoms. The maximum atomic E-state index is 13.8. The molecule has 1 N–H and O–H groups in total. The Labute approximate surface area is 227 Å². The van der Waals surface area contributed by atoms with Gasteiger partial charge in [-0.3, -0.25) is 14.5 Å². The number of carbonyl (C=O) groups is 2. The van der Waals surface area contributed by atoms with E-state index in [1.54, 1.807) is 6.07 Å². The Morgan fingerprint density at radius 1 is 0.974 bits per heavy atom. The largest absolute Gasteiger partial charge is 0.507 e. The van der Waals surface area contributed by atoms with Crippen LogP contribution in [0.4, 0.5) is 9.52 Å². The molecule has 0 saturated carbocycles. The summed E-state index contributed by atoms with van der Waals surface area (Å²) >= 11 is 2.67. The standard InChI is InChI=1S/C29H24FN3O3S2/c1-16-5-8-19(9-6-16)15-37-29-32-31-28(38-29)33-24(20-10-12-21(30)13-11-20)23(26(35)27(33)36)25(34)22-14-17(2)4-7-18(22)3/h4-14,24,34H,15H2,1-3H3. The number of anilines is 1. The van der Waals surface area contributed by atoms with E-state index in [0.29, 0.717) is 21.2 Å². The van der Waals surface area contributed by atoms with E-state index in [1.165, 1.54) is 57.8 Å². The molecule has 1 aliphatic rings. The first-order chi connectivity index (χ1) is 18.2. The predicted octanol–water partition coefficient (Wildman–Crippen LogP) is 6.52. The van der Waals surface area contributed by atoms with Gasteiger partial charge in [0, 0.05) is 11.3 Å². The third-order valence-corrected chi connectivity index (χ3v) is 8.49. The number of carbonyl (C=O) groups excluding carboxylic acids is 2. The van der Waals surface area contributed by atoms with Crippen molar-refractivity contribution in [1.82, 2.24) is 10.2 Å². The Bertz CT molecular complexity index is 1560. The third-order valence-electron chi connectivity index (χ3n) is 6.36. The predicted molar refractivity (Wildman–Crippen MR) is 148 cm³/mol. The van der Waals surface area contributed by atoms with E-state index in [4.69, 9.17) is 0 Å². The molecule has 1 atom stereocenters. The summed E-state index contributed by atoms with van der Waals surface area (Å²) in [4.78, 5) is 28.0. The van der Waals surface area contributed by atoms with E-state index < -0.39 is 23.5 Å². The molecule has 5 rings (SSSR count). The van der Waals surface area contributed by atoms with Crippen molar-refractivity contribution in [2.24, 2.45) is 0 Å². The monoisotopic (exact) mass is 545 g/mol. The van der Waals surface area contributed by atoms with Gasteiger partial charge in [0.1, 0.15) is 11.6 Å². The quantitative estimate of drug-likeness (QED) is 0.0976. The van der Waals surface area contributed by atoms with Crippen LogP contribution >= 0.6 is 23.1 Å². The van der Waals surface area contributed by atoms with Crippen molar-refractivity contribution >= 4 is 45.7 Å². The number of aromatic nitrogens is 2. The maximum Gasteiger partial charge on any atom is 0.301 e. The molecule has 1 unspecified atom stereocenters. The summed E-state index contributed by atoms with van der Waals surface area (Å²) in [5.74, 6) is -1.72. The van der Waals surface area contributed by atoms with Crippen LogP contribution in [0.2, 0.25) is 0 Å². The van der Waals surface area contributed by atoms with Crippen molar-refractivity contribution in [2.45, 2.75) is 36.9 Å². The second-order valence-corrected chi connectivity index (χ2v) is 11.3. The van der Waals surface area contributed by atoms with Crippen LogP contribution in [0, 0.1) is 26.6 Å². The molecule has 0 radical (unpaired) electrons. The fourth-order valence-corrected chi connectivity index (χ4v) is 6.14. The Morgan fingerprint density at radius 3 is 2.37 bits per heavy atom. The van der Waals surface area contributed by atoms with Crippen LogP contribution in [-0.2, 0) is 15.3 Å². The number of Topliss-reactive ketones (excluding diaryl/α,β-unsaturated/α-hetero) is 1. The molecule has 3 aromatic carbocycles. The number of aliphatic hydroxyl groups is 1. The summed E-state index contributed by atoms with van der Waals surface area (Å²) in [5.41, 5.74) is 4.81. The van der Waals surface area contributed by atoms with E-state index in [-0.39, 0.29) is 16.5 Å². The van der Waals surface area contributed by atoms with Gasteiger partial charge in [0.15, 0.2) is 4.34 Å². The lowest BCUT2D eigenvalue weighted by atomic mass is 9.93. The van der Waals surface area contributed by atoms with Crippen molar-refractivity contribution in [2.75, 3.05) is 4.90 Å². The van der Waals surface area contributed by atoms with Gasteiger partial charge in [0.05, 0.1) is 11.6 Å². The molecular formula is C29H24FN3O3S2. The number of amides is 1. The van der Waals surface area contributed by atoms with E-state index >= 15 is 0 Å². The van der Waals surface area contributed by atoms with Crippen molar-refractivity contribution in [1.29, 1.82) is 0 Å². The first-order valence-corrected chi connectivity index (χ1v) is 13.7. The molecule has 0 spiro atoms. The summed E-state index contributed by atoms with van der Waals surface area (Å²) in [5, 5.41) is 20.1. The van der Waals surface area contributed by atoms with Crippen LogP contribution in [0.25, 0.3) is 5.76 Å². The molecule has 9 heteroatoms. The van der Waals surface area contributed by atoms with Gasteiger partial charge in [-0.05, 0) is 55.7 Å². The lowest BCUT2D eigenvalue weighted by molar-refractivity contribution is -0.132. The molecule has 0 aliphatic carbocycles. The normalized spacial score (nSPS) is 16.8. The first-order valence-electron chi connectivity index (χ1n) is 11.9. The van der Waals surface area contributed by atoms with E-state index in [1.807, 2.05) is 57.2 Å². The summed E-state index contributed by atoms with van der Waals surface area (Å²) in [6.45, 7) is 5.73. The van der Waals surface area contributed by atoms with Gasteiger partial charge in [0.25, 0.3) is 5.78 Å². The number of ketones is 1. The number of aryl methyl sites for hydroxylation is 3. The van der Waals surface area contributed by atoms with Crippen LogP contribution in [0.5, 0.6) is 0 Å². The van der Waals surface area contributed by atoms with Crippen molar-refractivity contribution < 1.29 is 19.1 Å². The second-order valence-electron chi connectivity index (χ2n) is 9.16. The Kier molecular flexibility index (Phi) is 7.14. The van der Waals surface area contributed by atoms with Crippen molar-refractivity contribution in [3.05, 3.63) is 112 Å².